The Balaban J connectivity index is 2.78. The molecule has 0 spiro atoms. The largest absolute Gasteiger partial charge is 0.464 e. The summed E-state index contributed by atoms with van der Waals surface area (Å²) < 4.78 is 16.3. The zero-order valence-corrected chi connectivity index (χ0v) is 9.95. The summed E-state index contributed by atoms with van der Waals surface area (Å²) >= 11 is 0. The van der Waals surface area contributed by atoms with E-state index in [0.29, 0.717) is 5.92 Å². The molecule has 3 nitrogen and oxygen atoms in total. The maximum absolute atomic E-state index is 5.47. The summed E-state index contributed by atoms with van der Waals surface area (Å²) in [6.07, 6.45) is 3.46. The molecule has 0 aromatic carbocycles. The van der Waals surface area contributed by atoms with Crippen molar-refractivity contribution >= 4 is 0 Å². The Morgan fingerprint density at radius 1 is 1.33 bits per heavy atom. The van der Waals surface area contributed by atoms with E-state index in [1.807, 2.05) is 12.1 Å². The van der Waals surface area contributed by atoms with Crippen LogP contribution in [0.2, 0.25) is 0 Å². The Bertz CT molecular complexity index is 260. The molecule has 0 saturated carbocycles. The van der Waals surface area contributed by atoms with Crippen LogP contribution in [0, 0.1) is 5.92 Å². The highest BCUT2D eigenvalue weighted by Crippen LogP contribution is 2.32. The highest BCUT2D eigenvalue weighted by molar-refractivity contribution is 5.06. The SMILES string of the molecule is COC(CCC(C)C)(OC)c1ccco1. The minimum absolute atomic E-state index is 0.615. The first-order valence-corrected chi connectivity index (χ1v) is 5.29. The van der Waals surface area contributed by atoms with Crippen LogP contribution in [-0.2, 0) is 15.3 Å². The van der Waals surface area contributed by atoms with Crippen LogP contribution in [0.5, 0.6) is 0 Å². The minimum Gasteiger partial charge on any atom is -0.464 e. The Morgan fingerprint density at radius 2 is 2.00 bits per heavy atom. The molecule has 1 rings (SSSR count). The minimum atomic E-state index is -0.728. The summed E-state index contributed by atoms with van der Waals surface area (Å²) in [5.74, 6) is 0.617. The van der Waals surface area contributed by atoms with Crippen LogP contribution in [0.1, 0.15) is 32.4 Å². The number of furan rings is 1. The lowest BCUT2D eigenvalue weighted by atomic mass is 10.0. The lowest BCUT2D eigenvalue weighted by molar-refractivity contribution is -0.232. The predicted molar refractivity (Wildman–Crippen MR) is 58.5 cm³/mol. The van der Waals surface area contributed by atoms with Gasteiger partial charge in [-0.05, 0) is 24.5 Å². The molecule has 1 aromatic rings. The highest BCUT2D eigenvalue weighted by Gasteiger charge is 2.34. The van der Waals surface area contributed by atoms with Gasteiger partial charge in [0.15, 0.2) is 5.76 Å². The van der Waals surface area contributed by atoms with E-state index in [0.717, 1.165) is 18.6 Å². The van der Waals surface area contributed by atoms with Crippen LogP contribution in [0.25, 0.3) is 0 Å². The topological polar surface area (TPSA) is 31.6 Å². The molecule has 0 fully saturated rings. The molecule has 0 N–H and O–H groups in total. The molecule has 0 aliphatic carbocycles. The third-order valence-electron chi connectivity index (χ3n) is 2.61. The molecule has 0 aliphatic rings. The monoisotopic (exact) mass is 212 g/mol. The van der Waals surface area contributed by atoms with Gasteiger partial charge in [-0.2, -0.15) is 0 Å². The molecule has 3 heteroatoms. The van der Waals surface area contributed by atoms with Crippen molar-refractivity contribution in [2.45, 2.75) is 32.5 Å². The molecular weight excluding hydrogens is 192 g/mol. The van der Waals surface area contributed by atoms with E-state index >= 15 is 0 Å². The molecular formula is C12H20O3. The third-order valence-corrected chi connectivity index (χ3v) is 2.61. The van der Waals surface area contributed by atoms with E-state index in [4.69, 9.17) is 13.9 Å². The van der Waals surface area contributed by atoms with E-state index in [1.54, 1.807) is 20.5 Å². The fourth-order valence-electron chi connectivity index (χ4n) is 1.59. The van der Waals surface area contributed by atoms with Crippen molar-refractivity contribution in [2.75, 3.05) is 14.2 Å². The van der Waals surface area contributed by atoms with Gasteiger partial charge in [0.25, 0.3) is 0 Å². The number of ether oxygens (including phenoxy) is 2. The van der Waals surface area contributed by atoms with Gasteiger partial charge in [0.05, 0.1) is 6.26 Å². The first-order chi connectivity index (χ1) is 7.14. The molecule has 0 aliphatic heterocycles. The summed E-state index contributed by atoms with van der Waals surface area (Å²) in [5.41, 5.74) is 0. The summed E-state index contributed by atoms with van der Waals surface area (Å²) in [7, 11) is 3.29. The maximum Gasteiger partial charge on any atom is 0.227 e. The van der Waals surface area contributed by atoms with E-state index in [2.05, 4.69) is 13.8 Å². The van der Waals surface area contributed by atoms with Gasteiger partial charge in [-0.15, -0.1) is 0 Å². The second-order valence-electron chi connectivity index (χ2n) is 4.07. The van der Waals surface area contributed by atoms with Crippen molar-refractivity contribution in [1.29, 1.82) is 0 Å². The van der Waals surface area contributed by atoms with Crippen molar-refractivity contribution in [3.63, 3.8) is 0 Å². The molecule has 1 heterocycles. The van der Waals surface area contributed by atoms with Crippen LogP contribution >= 0.6 is 0 Å². The van der Waals surface area contributed by atoms with Gasteiger partial charge in [0.1, 0.15) is 0 Å². The number of hydrogen-bond acceptors (Lipinski definition) is 3. The summed E-state index contributed by atoms with van der Waals surface area (Å²) in [6, 6.07) is 3.73. The molecule has 0 unspecified atom stereocenters. The zero-order chi connectivity index (χ0) is 11.3. The second-order valence-corrected chi connectivity index (χ2v) is 4.07. The van der Waals surface area contributed by atoms with E-state index in [1.165, 1.54) is 0 Å². The molecule has 15 heavy (non-hydrogen) atoms. The lowest BCUT2D eigenvalue weighted by Crippen LogP contribution is -2.30. The smallest absolute Gasteiger partial charge is 0.227 e. The Morgan fingerprint density at radius 3 is 2.40 bits per heavy atom. The van der Waals surface area contributed by atoms with E-state index < -0.39 is 5.79 Å². The van der Waals surface area contributed by atoms with Gasteiger partial charge >= 0.3 is 0 Å². The standard InChI is InChI=1S/C12H20O3/c1-10(2)7-8-12(13-3,14-4)11-6-5-9-15-11/h5-6,9-10H,7-8H2,1-4H3. The van der Waals surface area contributed by atoms with Gasteiger partial charge < -0.3 is 13.9 Å². The average Bonchev–Trinajstić information content (AvgIpc) is 2.74. The first-order valence-electron chi connectivity index (χ1n) is 5.29. The number of rotatable bonds is 6. The van der Waals surface area contributed by atoms with Crippen LogP contribution in [0.3, 0.4) is 0 Å². The van der Waals surface area contributed by atoms with Gasteiger partial charge in [0.2, 0.25) is 5.79 Å². The Labute approximate surface area is 91.4 Å². The zero-order valence-electron chi connectivity index (χ0n) is 9.95. The molecule has 0 amide bonds. The van der Waals surface area contributed by atoms with Crippen LogP contribution in [-0.4, -0.2) is 14.2 Å². The predicted octanol–water partition coefficient (Wildman–Crippen LogP) is 3.16. The second kappa shape index (κ2) is 5.33. The number of hydrogen-bond donors (Lipinski definition) is 0. The van der Waals surface area contributed by atoms with Crippen molar-refractivity contribution in [2.24, 2.45) is 5.92 Å². The van der Waals surface area contributed by atoms with Crippen molar-refractivity contribution in [1.82, 2.24) is 0 Å². The number of methoxy groups -OCH3 is 2. The average molecular weight is 212 g/mol. The molecule has 0 bridgehead atoms. The third kappa shape index (κ3) is 2.83. The van der Waals surface area contributed by atoms with Crippen molar-refractivity contribution in [3.05, 3.63) is 24.2 Å². The van der Waals surface area contributed by atoms with E-state index in [9.17, 15) is 0 Å². The van der Waals surface area contributed by atoms with Crippen molar-refractivity contribution < 1.29 is 13.9 Å². The van der Waals surface area contributed by atoms with Gasteiger partial charge in [-0.1, -0.05) is 13.8 Å². The first kappa shape index (κ1) is 12.3. The normalized spacial score (nSPS) is 12.3. The Hall–Kier alpha value is -0.800. The van der Waals surface area contributed by atoms with Crippen LogP contribution in [0.4, 0.5) is 0 Å². The lowest BCUT2D eigenvalue weighted by Gasteiger charge is -2.29. The molecule has 0 atom stereocenters. The van der Waals surface area contributed by atoms with Crippen LogP contribution in [0.15, 0.2) is 22.8 Å². The van der Waals surface area contributed by atoms with Gasteiger partial charge in [0, 0.05) is 20.6 Å². The maximum atomic E-state index is 5.47. The molecule has 1 aromatic heterocycles. The van der Waals surface area contributed by atoms with E-state index in [-0.39, 0.29) is 0 Å². The molecule has 86 valence electrons. The highest BCUT2D eigenvalue weighted by atomic mass is 16.7. The van der Waals surface area contributed by atoms with Crippen molar-refractivity contribution in [3.8, 4) is 0 Å². The summed E-state index contributed by atoms with van der Waals surface area (Å²) in [6.45, 7) is 4.36. The summed E-state index contributed by atoms with van der Waals surface area (Å²) in [5, 5.41) is 0. The van der Waals surface area contributed by atoms with Gasteiger partial charge in [-0.3, -0.25) is 0 Å². The van der Waals surface area contributed by atoms with Gasteiger partial charge in [-0.25, -0.2) is 0 Å². The van der Waals surface area contributed by atoms with Crippen LogP contribution < -0.4 is 0 Å². The molecule has 0 saturated heterocycles. The Kier molecular flexibility index (Phi) is 4.36. The quantitative estimate of drug-likeness (QED) is 0.679. The fraction of sp³-hybridized carbons (Fsp3) is 0.667. The fourth-order valence-corrected chi connectivity index (χ4v) is 1.59. The molecule has 0 radical (unpaired) electrons. The summed E-state index contributed by atoms with van der Waals surface area (Å²) in [4.78, 5) is 0.